The summed E-state index contributed by atoms with van der Waals surface area (Å²) in [5, 5.41) is 21.4. The number of rotatable bonds is 17. The number of carboxylic acids is 2. The Labute approximate surface area is 225 Å². The Kier molecular flexibility index (Phi) is 13.6. The van der Waals surface area contributed by atoms with Crippen molar-refractivity contribution in [2.45, 2.75) is 84.2 Å². The number of benzene rings is 2. The predicted octanol–water partition coefficient (Wildman–Crippen LogP) is 5.65. The molecule has 8 heteroatoms. The van der Waals surface area contributed by atoms with Gasteiger partial charge in [0.05, 0.1) is 5.56 Å². The van der Waals surface area contributed by atoms with Crippen molar-refractivity contribution in [3.63, 3.8) is 0 Å². The Bertz CT molecular complexity index is 1070. The van der Waals surface area contributed by atoms with E-state index >= 15 is 0 Å². The number of hydrogen-bond donors (Lipinski definition) is 3. The summed E-state index contributed by atoms with van der Waals surface area (Å²) in [5.74, 6) is -4.04. The summed E-state index contributed by atoms with van der Waals surface area (Å²) in [4.78, 5) is 48.8. The first-order valence-corrected chi connectivity index (χ1v) is 13.5. The van der Waals surface area contributed by atoms with Gasteiger partial charge in [0.2, 0.25) is 0 Å². The summed E-state index contributed by atoms with van der Waals surface area (Å²) >= 11 is 0. The van der Waals surface area contributed by atoms with Crippen molar-refractivity contribution >= 4 is 23.8 Å². The van der Waals surface area contributed by atoms with Gasteiger partial charge >= 0.3 is 17.8 Å². The van der Waals surface area contributed by atoms with Gasteiger partial charge in [0.1, 0.15) is 0 Å². The second-order valence-corrected chi connectivity index (χ2v) is 9.61. The molecule has 38 heavy (non-hydrogen) atoms. The van der Waals surface area contributed by atoms with Gasteiger partial charge < -0.3 is 20.4 Å². The maximum absolute atomic E-state index is 12.6. The van der Waals surface area contributed by atoms with Gasteiger partial charge in [-0.25, -0.2) is 9.59 Å². The summed E-state index contributed by atoms with van der Waals surface area (Å²) in [6.45, 7) is 2.69. The molecule has 0 aliphatic heterocycles. The first-order chi connectivity index (χ1) is 18.3. The summed E-state index contributed by atoms with van der Waals surface area (Å²) < 4.78 is 0. The number of carbonyl (C=O) groups excluding carboxylic acids is 2. The molecule has 0 saturated carbocycles. The van der Waals surface area contributed by atoms with Crippen LogP contribution in [0.3, 0.4) is 0 Å². The van der Waals surface area contributed by atoms with E-state index in [2.05, 4.69) is 12.2 Å². The summed E-state index contributed by atoms with van der Waals surface area (Å²) in [6, 6.07) is 12.7. The topological polar surface area (TPSA) is 124 Å². The zero-order chi connectivity index (χ0) is 27.8. The van der Waals surface area contributed by atoms with Crippen molar-refractivity contribution in [3.05, 3.63) is 70.8 Å². The molecule has 0 saturated heterocycles. The van der Waals surface area contributed by atoms with E-state index in [-0.39, 0.29) is 24.6 Å². The van der Waals surface area contributed by atoms with E-state index in [1.54, 1.807) is 36.4 Å². The SMILES string of the molecule is CCCCCCCCCCCCNC(=O)c1cccc(CN(Cc2cccc(C(=O)O)c2)C(=O)C(=O)O)c1. The van der Waals surface area contributed by atoms with E-state index in [0.717, 1.165) is 17.7 Å². The lowest BCUT2D eigenvalue weighted by Gasteiger charge is -2.21. The molecule has 0 spiro atoms. The fourth-order valence-electron chi connectivity index (χ4n) is 4.31. The lowest BCUT2D eigenvalue weighted by atomic mass is 10.1. The minimum atomic E-state index is -1.61. The van der Waals surface area contributed by atoms with E-state index in [4.69, 9.17) is 0 Å². The van der Waals surface area contributed by atoms with Crippen LogP contribution in [0, 0.1) is 0 Å². The molecule has 2 aromatic rings. The van der Waals surface area contributed by atoms with Gasteiger partial charge in [-0.15, -0.1) is 0 Å². The average molecular weight is 525 g/mol. The Balaban J connectivity index is 1.86. The van der Waals surface area contributed by atoms with Crippen LogP contribution in [-0.2, 0) is 22.7 Å². The molecule has 2 rings (SSSR count). The number of amides is 2. The fraction of sp³-hybridized carbons (Fsp3) is 0.467. The highest BCUT2D eigenvalue weighted by molar-refractivity contribution is 6.31. The van der Waals surface area contributed by atoms with Crippen LogP contribution in [0.1, 0.15) is 103 Å². The van der Waals surface area contributed by atoms with Crippen LogP contribution in [0.15, 0.2) is 48.5 Å². The molecule has 0 aliphatic rings. The molecule has 0 aromatic heterocycles. The van der Waals surface area contributed by atoms with E-state index < -0.39 is 17.8 Å². The molecule has 0 aliphatic carbocycles. The predicted molar refractivity (Wildman–Crippen MR) is 146 cm³/mol. The van der Waals surface area contributed by atoms with E-state index in [1.165, 1.54) is 63.5 Å². The van der Waals surface area contributed by atoms with Crippen molar-refractivity contribution < 1.29 is 29.4 Å². The lowest BCUT2D eigenvalue weighted by Crippen LogP contribution is -2.35. The maximum Gasteiger partial charge on any atom is 0.394 e. The molecule has 8 nitrogen and oxygen atoms in total. The van der Waals surface area contributed by atoms with Gasteiger partial charge in [-0.05, 0) is 41.8 Å². The Morgan fingerprint density at radius 2 is 1.21 bits per heavy atom. The third kappa shape index (κ3) is 11.2. The highest BCUT2D eigenvalue weighted by atomic mass is 16.4. The lowest BCUT2D eigenvalue weighted by molar-refractivity contribution is -0.156. The summed E-state index contributed by atoms with van der Waals surface area (Å²) in [5.41, 5.74) is 1.57. The molecule has 0 heterocycles. The molecule has 0 radical (unpaired) electrons. The van der Waals surface area contributed by atoms with Crippen LogP contribution < -0.4 is 5.32 Å². The molecule has 0 atom stereocenters. The highest BCUT2D eigenvalue weighted by Gasteiger charge is 2.22. The van der Waals surface area contributed by atoms with Crippen molar-refractivity contribution in [3.8, 4) is 0 Å². The second kappa shape index (κ2) is 16.9. The Morgan fingerprint density at radius 3 is 1.74 bits per heavy atom. The largest absolute Gasteiger partial charge is 0.478 e. The number of carboxylic acid groups (broad SMARTS) is 2. The molecular formula is C30H40N2O6. The van der Waals surface area contributed by atoms with Crippen molar-refractivity contribution in [2.24, 2.45) is 0 Å². The van der Waals surface area contributed by atoms with E-state index in [0.29, 0.717) is 23.2 Å². The first kappa shape index (κ1) is 30.5. The van der Waals surface area contributed by atoms with Gasteiger partial charge in [0, 0.05) is 25.2 Å². The standard InChI is InChI=1S/C30H40N2O6/c1-2-3-4-5-6-7-8-9-10-11-18-31-27(33)25-16-12-14-23(19-25)21-32(28(34)30(37)38)22-24-15-13-17-26(20-24)29(35)36/h12-17,19-20H,2-11,18,21-22H2,1H3,(H,31,33)(H,35,36)(H,37,38). The molecule has 2 aromatic carbocycles. The number of carbonyl (C=O) groups is 4. The van der Waals surface area contributed by atoms with Crippen LogP contribution in [0.4, 0.5) is 0 Å². The Morgan fingerprint density at radius 1 is 0.711 bits per heavy atom. The smallest absolute Gasteiger partial charge is 0.394 e. The number of aromatic carboxylic acids is 1. The molecular weight excluding hydrogens is 484 g/mol. The molecule has 0 unspecified atom stereocenters. The molecule has 3 N–H and O–H groups in total. The number of unbranched alkanes of at least 4 members (excludes halogenated alkanes) is 9. The van der Waals surface area contributed by atoms with Gasteiger partial charge in [-0.1, -0.05) is 89.0 Å². The third-order valence-corrected chi connectivity index (χ3v) is 6.40. The summed E-state index contributed by atoms with van der Waals surface area (Å²) in [6.07, 6.45) is 12.2. The first-order valence-electron chi connectivity index (χ1n) is 13.5. The molecule has 0 fully saturated rings. The number of aliphatic carboxylic acids is 1. The van der Waals surface area contributed by atoms with E-state index in [1.807, 2.05) is 0 Å². The molecule has 206 valence electrons. The number of nitrogens with one attached hydrogen (secondary N) is 1. The van der Waals surface area contributed by atoms with Crippen molar-refractivity contribution in [1.29, 1.82) is 0 Å². The number of hydrogen-bond acceptors (Lipinski definition) is 4. The van der Waals surface area contributed by atoms with Crippen LogP contribution in [0.25, 0.3) is 0 Å². The maximum atomic E-state index is 12.6. The van der Waals surface area contributed by atoms with Crippen LogP contribution in [0.5, 0.6) is 0 Å². The van der Waals surface area contributed by atoms with Gasteiger partial charge in [0.25, 0.3) is 5.91 Å². The quantitative estimate of drug-likeness (QED) is 0.181. The molecule has 0 bridgehead atoms. The number of nitrogens with zero attached hydrogens (tertiary/aromatic N) is 1. The van der Waals surface area contributed by atoms with Crippen LogP contribution in [0.2, 0.25) is 0 Å². The monoisotopic (exact) mass is 524 g/mol. The minimum Gasteiger partial charge on any atom is -0.478 e. The second-order valence-electron chi connectivity index (χ2n) is 9.61. The van der Waals surface area contributed by atoms with Gasteiger partial charge in [-0.3, -0.25) is 9.59 Å². The van der Waals surface area contributed by atoms with Crippen molar-refractivity contribution in [2.75, 3.05) is 6.54 Å². The van der Waals surface area contributed by atoms with Gasteiger partial charge in [0.15, 0.2) is 0 Å². The average Bonchev–Trinajstić information content (AvgIpc) is 2.91. The molecule has 2 amide bonds. The van der Waals surface area contributed by atoms with Crippen LogP contribution >= 0.6 is 0 Å². The van der Waals surface area contributed by atoms with E-state index in [9.17, 15) is 29.4 Å². The third-order valence-electron chi connectivity index (χ3n) is 6.40. The highest BCUT2D eigenvalue weighted by Crippen LogP contribution is 2.15. The van der Waals surface area contributed by atoms with Gasteiger partial charge in [-0.2, -0.15) is 0 Å². The zero-order valence-electron chi connectivity index (χ0n) is 22.3. The van der Waals surface area contributed by atoms with Crippen LogP contribution in [-0.4, -0.2) is 45.4 Å². The van der Waals surface area contributed by atoms with Crippen molar-refractivity contribution in [1.82, 2.24) is 10.2 Å². The Hall–Kier alpha value is -3.68. The normalized spacial score (nSPS) is 10.7. The fourth-order valence-corrected chi connectivity index (χ4v) is 4.31. The summed E-state index contributed by atoms with van der Waals surface area (Å²) in [7, 11) is 0. The zero-order valence-corrected chi connectivity index (χ0v) is 22.3. The minimum absolute atomic E-state index is 0.0397.